The van der Waals surface area contributed by atoms with Gasteiger partial charge in [-0.2, -0.15) is 0 Å². The third kappa shape index (κ3) is 5.10. The van der Waals surface area contributed by atoms with Crippen LogP contribution in [0.2, 0.25) is 0 Å². The summed E-state index contributed by atoms with van der Waals surface area (Å²) in [4.78, 5) is 47.3. The number of carboxylic acid groups (broad SMARTS) is 1. The fourth-order valence-electron chi connectivity index (χ4n) is 1.42. The molecule has 7 nitrogen and oxygen atoms in total. The summed E-state index contributed by atoms with van der Waals surface area (Å²) in [5, 5.41) is 14.7. The maximum absolute atomic E-state index is 12.3. The number of nitrogens with one attached hydrogen (secondary N) is 2. The Hall–Kier alpha value is -0.900. The van der Waals surface area contributed by atoms with Gasteiger partial charge in [-0.05, 0) is 0 Å². The molecule has 0 rings (SSSR count). The summed E-state index contributed by atoms with van der Waals surface area (Å²) in [5.41, 5.74) is -4.79. The quantitative estimate of drug-likeness (QED) is 0.507. The maximum atomic E-state index is 12.3. The van der Waals surface area contributed by atoms with Crippen molar-refractivity contribution in [3.63, 3.8) is 0 Å². The molecule has 0 spiro atoms. The minimum atomic E-state index is -4.47. The number of hydrogen-bond donors (Lipinski definition) is 3. The second-order valence-electron chi connectivity index (χ2n) is 6.76. The molecule has 0 aliphatic heterocycles. The van der Waals surface area contributed by atoms with Crippen LogP contribution in [-0.2, 0) is 9.59 Å². The number of hydrogen-bond acceptors (Lipinski definition) is 5. The van der Waals surface area contributed by atoms with E-state index in [-0.39, 0.29) is 20.4 Å². The second kappa shape index (κ2) is 6.91. The van der Waals surface area contributed by atoms with Crippen LogP contribution in [0.25, 0.3) is 0 Å². The summed E-state index contributed by atoms with van der Waals surface area (Å²) in [7, 11) is -4.75. The van der Waals surface area contributed by atoms with E-state index in [1.807, 2.05) is 20.8 Å². The molecule has 122 valence electrons. The van der Waals surface area contributed by atoms with Crippen molar-refractivity contribution < 1.29 is 24.3 Å². The van der Waals surface area contributed by atoms with Gasteiger partial charge in [-0.1, -0.05) is 0 Å². The molecule has 0 aliphatic rings. The van der Waals surface area contributed by atoms with Crippen LogP contribution in [0.4, 0.5) is 9.59 Å². The van der Waals surface area contributed by atoms with E-state index in [0.29, 0.717) is 0 Å². The molecule has 0 aromatic rings. The van der Waals surface area contributed by atoms with Crippen LogP contribution in [0, 0.1) is 5.41 Å². The van der Waals surface area contributed by atoms with Gasteiger partial charge in [-0.3, -0.25) is 0 Å². The Morgan fingerprint density at radius 2 is 1.57 bits per heavy atom. The number of carbonyl (C=O) groups is 4. The van der Waals surface area contributed by atoms with Crippen LogP contribution in [0.5, 0.6) is 0 Å². The molecule has 1 amide bonds. The molecular weight excluding hydrogens is 314 g/mol. The first-order valence-electron chi connectivity index (χ1n) is 6.36. The molecule has 1 atom stereocenters. The SMILES string of the molecule is CC(C)(C)NPNC(=O)[PH](C=O)(C(=O)O)C(=O)C(C)(C)C. The van der Waals surface area contributed by atoms with Crippen LogP contribution in [-0.4, -0.2) is 33.6 Å². The molecule has 9 heteroatoms. The van der Waals surface area contributed by atoms with E-state index in [1.54, 1.807) is 0 Å². The van der Waals surface area contributed by atoms with Gasteiger partial charge in [-0.25, -0.2) is 0 Å². The predicted molar refractivity (Wildman–Crippen MR) is 87.3 cm³/mol. The van der Waals surface area contributed by atoms with Gasteiger partial charge in [0.15, 0.2) is 0 Å². The van der Waals surface area contributed by atoms with Crippen molar-refractivity contribution >= 4 is 39.1 Å². The van der Waals surface area contributed by atoms with Gasteiger partial charge in [0.05, 0.1) is 0 Å². The molecule has 0 aromatic heterocycles. The van der Waals surface area contributed by atoms with Crippen LogP contribution in [0.3, 0.4) is 0 Å². The van der Waals surface area contributed by atoms with E-state index in [9.17, 15) is 24.3 Å². The first-order chi connectivity index (χ1) is 9.29. The van der Waals surface area contributed by atoms with E-state index in [0.717, 1.165) is 0 Å². The first kappa shape index (κ1) is 20.1. The molecule has 21 heavy (non-hydrogen) atoms. The van der Waals surface area contributed by atoms with Crippen LogP contribution >= 0.6 is 16.1 Å². The van der Waals surface area contributed by atoms with Crippen molar-refractivity contribution in [2.24, 2.45) is 5.41 Å². The van der Waals surface area contributed by atoms with Crippen molar-refractivity contribution in [3.8, 4) is 0 Å². The van der Waals surface area contributed by atoms with Gasteiger partial charge < -0.3 is 0 Å². The Bertz CT molecular complexity index is 454. The van der Waals surface area contributed by atoms with Crippen LogP contribution in [0.15, 0.2) is 0 Å². The van der Waals surface area contributed by atoms with Crippen molar-refractivity contribution in [1.29, 1.82) is 0 Å². The molecule has 3 N–H and O–H groups in total. The Balaban J connectivity index is 5.35. The van der Waals surface area contributed by atoms with Crippen molar-refractivity contribution in [1.82, 2.24) is 10.2 Å². The molecule has 0 bridgehead atoms. The molecule has 1 unspecified atom stereocenters. The molecule has 0 heterocycles. The van der Waals surface area contributed by atoms with Gasteiger partial charge in [0.2, 0.25) is 0 Å². The third-order valence-corrected chi connectivity index (χ3v) is 7.34. The summed E-state index contributed by atoms with van der Waals surface area (Å²) in [5.74, 6) is 0. The normalized spacial score (nSPS) is 14.0. The molecular formula is C12H24N2O5P2. The van der Waals surface area contributed by atoms with Crippen LogP contribution in [0.1, 0.15) is 41.5 Å². The van der Waals surface area contributed by atoms with E-state index in [4.69, 9.17) is 0 Å². The Labute approximate surface area is 126 Å². The van der Waals surface area contributed by atoms with E-state index in [2.05, 4.69) is 10.2 Å². The summed E-state index contributed by atoms with van der Waals surface area (Å²) in [6.45, 7) is 10.1. The third-order valence-electron chi connectivity index (χ3n) is 2.53. The van der Waals surface area contributed by atoms with Crippen LogP contribution < -0.4 is 10.2 Å². The summed E-state index contributed by atoms with van der Waals surface area (Å²) < 4.78 is 0. The summed E-state index contributed by atoms with van der Waals surface area (Å²) in [6, 6.07) is 0.0415. The fraction of sp³-hybridized carbons (Fsp3) is 0.667. The van der Waals surface area contributed by atoms with E-state index in [1.165, 1.54) is 20.8 Å². The van der Waals surface area contributed by atoms with Gasteiger partial charge in [-0.15, -0.1) is 0 Å². The topological polar surface area (TPSA) is 113 Å². The number of rotatable bonds is 6. The zero-order valence-electron chi connectivity index (χ0n) is 13.2. The predicted octanol–water partition coefficient (Wildman–Crippen LogP) is 2.78. The second-order valence-corrected chi connectivity index (χ2v) is 10.7. The van der Waals surface area contributed by atoms with Crippen molar-refractivity contribution in [3.05, 3.63) is 0 Å². The molecule has 0 fully saturated rings. The average Bonchev–Trinajstić information content (AvgIpc) is 2.26. The number of amides is 1. The molecule has 0 radical (unpaired) electrons. The van der Waals surface area contributed by atoms with E-state index < -0.39 is 29.6 Å². The Kier molecular flexibility index (Phi) is 6.61. The molecule has 0 saturated carbocycles. The summed E-state index contributed by atoms with van der Waals surface area (Å²) in [6.07, 6.45) is 0. The first-order valence-corrected chi connectivity index (χ1v) is 9.44. The zero-order chi connectivity index (χ0) is 17.1. The Morgan fingerprint density at radius 1 is 1.10 bits per heavy atom. The van der Waals surface area contributed by atoms with Gasteiger partial charge >= 0.3 is 126 Å². The van der Waals surface area contributed by atoms with Crippen molar-refractivity contribution in [2.75, 3.05) is 0 Å². The summed E-state index contributed by atoms with van der Waals surface area (Å²) >= 11 is 0. The number of carbonyl (C=O) groups excluding carboxylic acids is 3. The zero-order valence-corrected chi connectivity index (χ0v) is 15.2. The molecule has 0 saturated heterocycles. The molecule has 0 aromatic carbocycles. The molecule has 0 aliphatic carbocycles. The fourth-order valence-corrected chi connectivity index (χ4v) is 5.04. The van der Waals surface area contributed by atoms with E-state index >= 15 is 0 Å². The van der Waals surface area contributed by atoms with Gasteiger partial charge in [0.25, 0.3) is 0 Å². The van der Waals surface area contributed by atoms with Gasteiger partial charge in [0.1, 0.15) is 0 Å². The standard InChI is InChI=1S/C12H24N2O5P2/c1-11(2,3)8(16)21(7-15,10(18)19)9(17)13-20-14-12(4,5)6/h7,14,20-21H,1-6H3,(H,13,17)(H,18,19). The Morgan fingerprint density at radius 3 is 1.86 bits per heavy atom. The minimum absolute atomic E-state index is 0.0415. The van der Waals surface area contributed by atoms with Gasteiger partial charge in [0, 0.05) is 0 Å². The average molecular weight is 338 g/mol. The monoisotopic (exact) mass is 338 g/mol. The van der Waals surface area contributed by atoms with Crippen molar-refractivity contribution in [2.45, 2.75) is 47.1 Å².